The molecule has 0 aliphatic rings. The molecule has 0 aliphatic carbocycles. The van der Waals surface area contributed by atoms with E-state index in [2.05, 4.69) is 11.4 Å². The summed E-state index contributed by atoms with van der Waals surface area (Å²) in [5.74, 6) is 0.801. The van der Waals surface area contributed by atoms with Crippen molar-refractivity contribution in [2.45, 2.75) is 5.75 Å². The predicted molar refractivity (Wildman–Crippen MR) is 100 cm³/mol. The molecule has 5 nitrogen and oxygen atoms in total. The number of hydrogen-bond donors (Lipinski definition) is 1. The van der Waals surface area contributed by atoms with Gasteiger partial charge < -0.3 is 10.2 Å². The number of benzene rings is 2. The molecule has 0 unspecified atom stereocenters. The summed E-state index contributed by atoms with van der Waals surface area (Å²) in [4.78, 5) is 25.3. The van der Waals surface area contributed by atoms with Gasteiger partial charge in [-0.3, -0.25) is 9.59 Å². The lowest BCUT2D eigenvalue weighted by atomic mass is 10.2. The van der Waals surface area contributed by atoms with Crippen LogP contribution in [0.25, 0.3) is 0 Å². The summed E-state index contributed by atoms with van der Waals surface area (Å²) >= 11 is 1.48. The van der Waals surface area contributed by atoms with E-state index in [1.165, 1.54) is 16.7 Å². The topological polar surface area (TPSA) is 73.2 Å². The van der Waals surface area contributed by atoms with Gasteiger partial charge in [0, 0.05) is 31.1 Å². The SMILES string of the molecule is CN(C)C(=O)c1ccc(NC(=O)CSCc2cccc(C#N)c2)cc1. The Balaban J connectivity index is 1.82. The highest BCUT2D eigenvalue weighted by molar-refractivity contribution is 7.99. The van der Waals surface area contributed by atoms with Crippen molar-refractivity contribution in [2.75, 3.05) is 25.2 Å². The highest BCUT2D eigenvalue weighted by Gasteiger charge is 2.08. The first-order chi connectivity index (χ1) is 12.0. The second kappa shape index (κ2) is 8.90. The van der Waals surface area contributed by atoms with Crippen LogP contribution in [-0.2, 0) is 10.5 Å². The second-order valence-corrected chi connectivity index (χ2v) is 6.62. The van der Waals surface area contributed by atoms with Crippen LogP contribution in [-0.4, -0.2) is 36.6 Å². The standard InChI is InChI=1S/C19H19N3O2S/c1-22(2)19(24)16-6-8-17(9-7-16)21-18(23)13-25-12-15-5-3-4-14(10-15)11-20/h3-10H,12-13H2,1-2H3,(H,21,23). The van der Waals surface area contributed by atoms with Crippen LogP contribution in [0.3, 0.4) is 0 Å². The lowest BCUT2D eigenvalue weighted by Gasteiger charge is -2.11. The van der Waals surface area contributed by atoms with Crippen LogP contribution in [0.2, 0.25) is 0 Å². The third kappa shape index (κ3) is 5.66. The summed E-state index contributed by atoms with van der Waals surface area (Å²) in [5.41, 5.74) is 2.88. The highest BCUT2D eigenvalue weighted by atomic mass is 32.2. The Kier molecular flexibility index (Phi) is 6.61. The minimum absolute atomic E-state index is 0.0759. The number of nitrogens with one attached hydrogen (secondary N) is 1. The number of amides is 2. The Morgan fingerprint density at radius 1 is 1.16 bits per heavy atom. The van der Waals surface area contributed by atoms with Crippen LogP contribution in [0.5, 0.6) is 0 Å². The van der Waals surface area contributed by atoms with Gasteiger partial charge in [0.05, 0.1) is 17.4 Å². The minimum Gasteiger partial charge on any atom is -0.345 e. The first-order valence-corrected chi connectivity index (χ1v) is 8.83. The van der Waals surface area contributed by atoms with Gasteiger partial charge >= 0.3 is 0 Å². The average molecular weight is 353 g/mol. The van der Waals surface area contributed by atoms with Crippen LogP contribution in [0.15, 0.2) is 48.5 Å². The van der Waals surface area contributed by atoms with Crippen molar-refractivity contribution in [3.8, 4) is 6.07 Å². The number of carbonyl (C=O) groups is 2. The van der Waals surface area contributed by atoms with Crippen LogP contribution >= 0.6 is 11.8 Å². The maximum Gasteiger partial charge on any atom is 0.253 e. The van der Waals surface area contributed by atoms with Crippen LogP contribution in [0, 0.1) is 11.3 Å². The monoisotopic (exact) mass is 353 g/mol. The molecule has 0 saturated carbocycles. The van der Waals surface area contributed by atoms with Crippen LogP contribution < -0.4 is 5.32 Å². The van der Waals surface area contributed by atoms with Crippen LogP contribution in [0.4, 0.5) is 5.69 Å². The van der Waals surface area contributed by atoms with Gasteiger partial charge in [-0.05, 0) is 42.0 Å². The molecule has 6 heteroatoms. The van der Waals surface area contributed by atoms with Crippen LogP contribution in [0.1, 0.15) is 21.5 Å². The van der Waals surface area contributed by atoms with Gasteiger partial charge in [-0.1, -0.05) is 12.1 Å². The summed E-state index contributed by atoms with van der Waals surface area (Å²) in [6, 6.07) is 16.3. The van der Waals surface area contributed by atoms with Gasteiger partial charge in [0.15, 0.2) is 0 Å². The molecule has 2 amide bonds. The molecule has 0 atom stereocenters. The molecule has 2 aromatic rings. The van der Waals surface area contributed by atoms with Gasteiger partial charge in [0.1, 0.15) is 0 Å². The number of hydrogen-bond acceptors (Lipinski definition) is 4. The Labute approximate surface area is 151 Å². The number of anilines is 1. The number of thioether (sulfide) groups is 1. The third-order valence-corrected chi connectivity index (χ3v) is 4.38. The highest BCUT2D eigenvalue weighted by Crippen LogP contribution is 2.15. The largest absolute Gasteiger partial charge is 0.345 e. The summed E-state index contributed by atoms with van der Waals surface area (Å²) in [6.07, 6.45) is 0. The lowest BCUT2D eigenvalue weighted by Crippen LogP contribution is -2.21. The summed E-state index contributed by atoms with van der Waals surface area (Å²) in [6.45, 7) is 0. The Morgan fingerprint density at radius 2 is 1.88 bits per heavy atom. The van der Waals surface area contributed by atoms with Gasteiger partial charge in [0.2, 0.25) is 5.91 Å². The summed E-state index contributed by atoms with van der Waals surface area (Å²) in [5, 5.41) is 11.7. The molecule has 2 aromatic carbocycles. The van der Waals surface area contributed by atoms with E-state index in [9.17, 15) is 9.59 Å². The van der Waals surface area contributed by atoms with E-state index in [0.717, 1.165) is 5.56 Å². The van der Waals surface area contributed by atoms with Crippen molar-refractivity contribution in [2.24, 2.45) is 0 Å². The van der Waals surface area contributed by atoms with Gasteiger partial charge in [-0.25, -0.2) is 0 Å². The summed E-state index contributed by atoms with van der Waals surface area (Å²) in [7, 11) is 3.39. The van der Waals surface area contributed by atoms with Gasteiger partial charge in [-0.2, -0.15) is 5.26 Å². The molecular weight excluding hydrogens is 334 g/mol. The lowest BCUT2D eigenvalue weighted by molar-refractivity contribution is -0.113. The fraction of sp³-hybridized carbons (Fsp3) is 0.211. The van der Waals surface area contributed by atoms with Gasteiger partial charge in [-0.15, -0.1) is 11.8 Å². The van der Waals surface area contributed by atoms with Crippen molar-refractivity contribution >= 4 is 29.3 Å². The first kappa shape index (κ1) is 18.6. The maximum absolute atomic E-state index is 12.0. The molecule has 0 fully saturated rings. The molecule has 25 heavy (non-hydrogen) atoms. The van der Waals surface area contributed by atoms with E-state index >= 15 is 0 Å². The summed E-state index contributed by atoms with van der Waals surface area (Å²) < 4.78 is 0. The van der Waals surface area contributed by atoms with E-state index < -0.39 is 0 Å². The van der Waals surface area contributed by atoms with Crippen molar-refractivity contribution in [1.29, 1.82) is 5.26 Å². The van der Waals surface area contributed by atoms with Gasteiger partial charge in [0.25, 0.3) is 5.91 Å². The molecule has 0 bridgehead atoms. The Bertz CT molecular complexity index is 795. The fourth-order valence-corrected chi connectivity index (χ4v) is 2.92. The second-order valence-electron chi connectivity index (χ2n) is 5.63. The van der Waals surface area contributed by atoms with E-state index in [1.54, 1.807) is 44.4 Å². The zero-order chi connectivity index (χ0) is 18.2. The van der Waals surface area contributed by atoms with Crippen molar-refractivity contribution in [3.05, 3.63) is 65.2 Å². The molecule has 0 radical (unpaired) electrons. The Morgan fingerprint density at radius 3 is 2.52 bits per heavy atom. The Hall–Kier alpha value is -2.78. The van der Waals surface area contributed by atoms with E-state index in [4.69, 9.17) is 5.26 Å². The van der Waals surface area contributed by atoms with Crippen molar-refractivity contribution in [3.63, 3.8) is 0 Å². The smallest absolute Gasteiger partial charge is 0.253 e. The van der Waals surface area contributed by atoms with E-state index in [0.29, 0.717) is 28.3 Å². The number of carbonyl (C=O) groups excluding carboxylic acids is 2. The molecule has 1 N–H and O–H groups in total. The molecule has 0 aromatic heterocycles. The quantitative estimate of drug-likeness (QED) is 0.866. The van der Waals surface area contributed by atoms with Crippen molar-refractivity contribution in [1.82, 2.24) is 4.90 Å². The molecule has 0 saturated heterocycles. The molecule has 2 rings (SSSR count). The molecular formula is C19H19N3O2S. The molecule has 0 aliphatic heterocycles. The maximum atomic E-state index is 12.0. The number of rotatable bonds is 6. The minimum atomic E-state index is -0.104. The molecule has 128 valence electrons. The number of nitrogens with zero attached hydrogens (tertiary/aromatic N) is 2. The first-order valence-electron chi connectivity index (χ1n) is 7.68. The zero-order valence-corrected chi connectivity index (χ0v) is 15.0. The zero-order valence-electron chi connectivity index (χ0n) is 14.2. The van der Waals surface area contributed by atoms with E-state index in [1.807, 2.05) is 18.2 Å². The third-order valence-electron chi connectivity index (χ3n) is 3.38. The predicted octanol–water partition coefficient (Wildman–Crippen LogP) is 3.13. The number of nitriles is 1. The normalized spacial score (nSPS) is 9.96. The average Bonchev–Trinajstić information content (AvgIpc) is 2.62. The fourth-order valence-electron chi connectivity index (χ4n) is 2.14. The van der Waals surface area contributed by atoms with Crippen molar-refractivity contribution < 1.29 is 9.59 Å². The molecule has 0 spiro atoms. The van der Waals surface area contributed by atoms with E-state index in [-0.39, 0.29) is 11.8 Å². The molecule has 0 heterocycles.